The van der Waals surface area contributed by atoms with Gasteiger partial charge in [0.25, 0.3) is 0 Å². The van der Waals surface area contributed by atoms with E-state index in [9.17, 15) is 4.79 Å². The van der Waals surface area contributed by atoms with Gasteiger partial charge in [-0.3, -0.25) is 9.69 Å². The standard InChI is InChI=1S/C17H28N2O/c1-7-15(19(6)8-2)16(20)18-17(4,5)14-11-9-13(3)10-12-14/h9-12,15H,7-8H2,1-6H3,(H,18,20). The Bertz CT molecular complexity index is 437. The fourth-order valence-electron chi connectivity index (χ4n) is 2.35. The van der Waals surface area contributed by atoms with Crippen LogP contribution in [-0.2, 0) is 10.3 Å². The molecule has 0 aliphatic rings. The number of aryl methyl sites for hydroxylation is 1. The molecule has 0 fully saturated rings. The third-order valence-electron chi connectivity index (χ3n) is 3.93. The Morgan fingerprint density at radius 1 is 1.25 bits per heavy atom. The molecule has 0 heterocycles. The minimum Gasteiger partial charge on any atom is -0.346 e. The summed E-state index contributed by atoms with van der Waals surface area (Å²) in [4.78, 5) is 14.6. The Kier molecular flexibility index (Phi) is 5.75. The van der Waals surface area contributed by atoms with Gasteiger partial charge in [-0.05, 0) is 46.3 Å². The van der Waals surface area contributed by atoms with Gasteiger partial charge in [-0.15, -0.1) is 0 Å². The Morgan fingerprint density at radius 2 is 1.80 bits per heavy atom. The molecule has 0 bridgehead atoms. The first-order valence-electron chi connectivity index (χ1n) is 7.41. The first-order chi connectivity index (χ1) is 9.31. The summed E-state index contributed by atoms with van der Waals surface area (Å²) in [6.07, 6.45) is 0.820. The van der Waals surface area contributed by atoms with E-state index in [1.165, 1.54) is 5.56 Å². The van der Waals surface area contributed by atoms with E-state index in [4.69, 9.17) is 0 Å². The number of hydrogen-bond acceptors (Lipinski definition) is 2. The van der Waals surface area contributed by atoms with E-state index in [2.05, 4.69) is 55.3 Å². The molecule has 0 aliphatic heterocycles. The molecule has 0 saturated carbocycles. The lowest BCUT2D eigenvalue weighted by Gasteiger charge is -2.32. The van der Waals surface area contributed by atoms with E-state index in [-0.39, 0.29) is 17.5 Å². The fraction of sp³-hybridized carbons (Fsp3) is 0.588. The highest BCUT2D eigenvalue weighted by Crippen LogP contribution is 2.21. The second-order valence-corrected chi connectivity index (χ2v) is 5.98. The van der Waals surface area contributed by atoms with Gasteiger partial charge in [-0.2, -0.15) is 0 Å². The minimum atomic E-state index is -0.354. The highest BCUT2D eigenvalue weighted by molar-refractivity contribution is 5.82. The fourth-order valence-corrected chi connectivity index (χ4v) is 2.35. The molecule has 1 aromatic carbocycles. The molecule has 1 atom stereocenters. The van der Waals surface area contributed by atoms with Gasteiger partial charge in [0.05, 0.1) is 11.6 Å². The largest absolute Gasteiger partial charge is 0.346 e. The number of amides is 1. The van der Waals surface area contributed by atoms with Gasteiger partial charge in [-0.25, -0.2) is 0 Å². The molecule has 112 valence electrons. The van der Waals surface area contributed by atoms with Gasteiger partial charge in [0, 0.05) is 0 Å². The molecule has 1 rings (SSSR count). The number of nitrogens with zero attached hydrogens (tertiary/aromatic N) is 1. The molecule has 1 unspecified atom stereocenters. The normalized spacial score (nSPS) is 13.3. The van der Waals surface area contributed by atoms with Crippen molar-refractivity contribution in [1.82, 2.24) is 10.2 Å². The van der Waals surface area contributed by atoms with E-state index in [1.54, 1.807) is 0 Å². The molecular weight excluding hydrogens is 248 g/mol. The average molecular weight is 276 g/mol. The van der Waals surface area contributed by atoms with Crippen LogP contribution in [0.15, 0.2) is 24.3 Å². The highest BCUT2D eigenvalue weighted by Gasteiger charge is 2.27. The molecule has 0 spiro atoms. The van der Waals surface area contributed by atoms with Crippen molar-refractivity contribution < 1.29 is 4.79 Å². The van der Waals surface area contributed by atoms with E-state index < -0.39 is 0 Å². The minimum absolute atomic E-state index is 0.0651. The third kappa shape index (κ3) is 4.07. The summed E-state index contributed by atoms with van der Waals surface area (Å²) in [5, 5.41) is 3.18. The summed E-state index contributed by atoms with van der Waals surface area (Å²) < 4.78 is 0. The lowest BCUT2D eigenvalue weighted by Crippen LogP contribution is -2.50. The number of benzene rings is 1. The Hall–Kier alpha value is -1.35. The molecule has 0 aliphatic carbocycles. The number of nitrogens with one attached hydrogen (secondary N) is 1. The van der Waals surface area contributed by atoms with Gasteiger partial charge in [0.2, 0.25) is 5.91 Å². The maximum atomic E-state index is 12.5. The maximum Gasteiger partial charge on any atom is 0.238 e. The number of likely N-dealkylation sites (N-methyl/N-ethyl adjacent to an activating group) is 1. The van der Waals surface area contributed by atoms with Crippen LogP contribution in [0, 0.1) is 6.92 Å². The summed E-state index contributed by atoms with van der Waals surface area (Å²) in [7, 11) is 1.99. The Morgan fingerprint density at radius 3 is 2.25 bits per heavy atom. The quantitative estimate of drug-likeness (QED) is 0.866. The van der Waals surface area contributed by atoms with Crippen molar-refractivity contribution in [3.63, 3.8) is 0 Å². The molecule has 0 radical (unpaired) electrons. The van der Waals surface area contributed by atoms with Crippen LogP contribution < -0.4 is 5.32 Å². The van der Waals surface area contributed by atoms with Gasteiger partial charge in [0.1, 0.15) is 0 Å². The van der Waals surface area contributed by atoms with Crippen molar-refractivity contribution in [1.29, 1.82) is 0 Å². The molecule has 1 aromatic rings. The molecule has 20 heavy (non-hydrogen) atoms. The summed E-state index contributed by atoms with van der Waals surface area (Å²) in [5.41, 5.74) is 2.01. The molecule has 0 saturated heterocycles. The van der Waals surface area contributed by atoms with Gasteiger partial charge in [-0.1, -0.05) is 43.7 Å². The predicted octanol–water partition coefficient (Wildman–Crippen LogP) is 3.08. The smallest absolute Gasteiger partial charge is 0.238 e. The van der Waals surface area contributed by atoms with Crippen LogP contribution in [0.3, 0.4) is 0 Å². The van der Waals surface area contributed by atoms with Gasteiger partial charge in [0.15, 0.2) is 0 Å². The van der Waals surface area contributed by atoms with Crippen molar-refractivity contribution in [2.45, 2.75) is 52.6 Å². The molecular formula is C17H28N2O. The monoisotopic (exact) mass is 276 g/mol. The van der Waals surface area contributed by atoms with Gasteiger partial charge >= 0.3 is 0 Å². The van der Waals surface area contributed by atoms with Crippen LogP contribution >= 0.6 is 0 Å². The number of rotatable bonds is 6. The van der Waals surface area contributed by atoms with Crippen LogP contribution in [-0.4, -0.2) is 30.4 Å². The third-order valence-corrected chi connectivity index (χ3v) is 3.93. The topological polar surface area (TPSA) is 32.3 Å². The first kappa shape index (κ1) is 16.7. The van der Waals surface area contributed by atoms with Gasteiger partial charge < -0.3 is 5.32 Å². The van der Waals surface area contributed by atoms with Crippen LogP contribution in [0.1, 0.15) is 45.2 Å². The van der Waals surface area contributed by atoms with E-state index in [1.807, 2.05) is 20.9 Å². The second kappa shape index (κ2) is 6.89. The predicted molar refractivity (Wildman–Crippen MR) is 84.7 cm³/mol. The molecule has 0 aromatic heterocycles. The SMILES string of the molecule is CCC(C(=O)NC(C)(C)c1ccc(C)cc1)N(C)CC. The van der Waals surface area contributed by atoms with Crippen molar-refractivity contribution in [2.24, 2.45) is 0 Å². The van der Waals surface area contributed by atoms with Crippen molar-refractivity contribution in [2.75, 3.05) is 13.6 Å². The average Bonchev–Trinajstić information content (AvgIpc) is 2.39. The van der Waals surface area contributed by atoms with Crippen LogP contribution in [0.2, 0.25) is 0 Å². The number of carbonyl (C=O) groups is 1. The van der Waals surface area contributed by atoms with E-state index in [0.717, 1.165) is 18.5 Å². The Labute approximate surface area is 123 Å². The maximum absolute atomic E-state index is 12.5. The van der Waals surface area contributed by atoms with Crippen LogP contribution in [0.5, 0.6) is 0 Å². The summed E-state index contributed by atoms with van der Waals surface area (Å²) in [6, 6.07) is 8.27. The molecule has 1 amide bonds. The van der Waals surface area contributed by atoms with Crippen molar-refractivity contribution in [3.05, 3.63) is 35.4 Å². The van der Waals surface area contributed by atoms with Crippen molar-refractivity contribution >= 4 is 5.91 Å². The van der Waals surface area contributed by atoms with Crippen LogP contribution in [0.4, 0.5) is 0 Å². The number of carbonyl (C=O) groups excluding carboxylic acids is 1. The van der Waals surface area contributed by atoms with E-state index >= 15 is 0 Å². The first-order valence-corrected chi connectivity index (χ1v) is 7.41. The zero-order chi connectivity index (χ0) is 15.3. The summed E-state index contributed by atoms with van der Waals surface area (Å²) in [6.45, 7) is 11.2. The summed E-state index contributed by atoms with van der Waals surface area (Å²) >= 11 is 0. The molecule has 3 nitrogen and oxygen atoms in total. The van der Waals surface area contributed by atoms with Crippen LogP contribution in [0.25, 0.3) is 0 Å². The van der Waals surface area contributed by atoms with Crippen molar-refractivity contribution in [3.8, 4) is 0 Å². The zero-order valence-electron chi connectivity index (χ0n) is 13.7. The summed E-state index contributed by atoms with van der Waals surface area (Å²) in [5.74, 6) is 0.0995. The zero-order valence-corrected chi connectivity index (χ0v) is 13.7. The Balaban J connectivity index is 2.84. The molecule has 1 N–H and O–H groups in total. The highest BCUT2D eigenvalue weighted by atomic mass is 16.2. The molecule has 3 heteroatoms. The number of hydrogen-bond donors (Lipinski definition) is 1. The lowest BCUT2D eigenvalue weighted by atomic mass is 9.93. The lowest BCUT2D eigenvalue weighted by molar-refractivity contribution is -0.127. The van der Waals surface area contributed by atoms with E-state index in [0.29, 0.717) is 0 Å². The second-order valence-electron chi connectivity index (χ2n) is 5.98.